The standard InChI is InChI=1S/C30H37NO5S/c1-3-6-19(14-21-10-11-22(17-32)36-21)9-12-26-27-20(7-4-2)15-24-28(25(27)18-35-26)30(34)31(29(24)33)16-23-8-5-13-37-23/h5,8,10-11,13-14,24-26,28,32H,3-4,6-7,9,12,15-18H2,1-2H3/b19-14+/t24-,25+,26-,28-/m1/s1. The molecule has 2 aliphatic heterocycles. The van der Waals surface area contributed by atoms with Crippen molar-refractivity contribution < 1.29 is 23.8 Å². The van der Waals surface area contributed by atoms with Gasteiger partial charge in [0.25, 0.3) is 0 Å². The smallest absolute Gasteiger partial charge is 0.234 e. The van der Waals surface area contributed by atoms with Crippen LogP contribution in [0, 0.1) is 17.8 Å². The number of allylic oxidation sites excluding steroid dienone is 2. The average Bonchev–Trinajstić information content (AvgIpc) is 3.69. The van der Waals surface area contributed by atoms with E-state index in [4.69, 9.17) is 9.15 Å². The summed E-state index contributed by atoms with van der Waals surface area (Å²) in [7, 11) is 0. The minimum atomic E-state index is -0.293. The normalized spacial score (nSPS) is 25.8. The van der Waals surface area contributed by atoms with Crippen LogP contribution in [0.25, 0.3) is 6.08 Å². The van der Waals surface area contributed by atoms with Gasteiger partial charge < -0.3 is 14.3 Å². The third kappa shape index (κ3) is 5.27. The first-order chi connectivity index (χ1) is 18.0. The molecule has 1 aliphatic carbocycles. The van der Waals surface area contributed by atoms with E-state index in [1.807, 2.05) is 29.6 Å². The van der Waals surface area contributed by atoms with Gasteiger partial charge in [-0.1, -0.05) is 43.9 Å². The summed E-state index contributed by atoms with van der Waals surface area (Å²) in [5.41, 5.74) is 3.95. The number of amides is 2. The maximum atomic E-state index is 13.6. The molecule has 37 heavy (non-hydrogen) atoms. The number of carbonyl (C=O) groups excluding carboxylic acids is 2. The second-order valence-electron chi connectivity index (χ2n) is 10.5. The van der Waals surface area contributed by atoms with E-state index < -0.39 is 0 Å². The summed E-state index contributed by atoms with van der Waals surface area (Å²) in [6, 6.07) is 7.66. The van der Waals surface area contributed by atoms with E-state index in [-0.39, 0.29) is 42.3 Å². The van der Waals surface area contributed by atoms with Gasteiger partial charge in [-0.3, -0.25) is 14.5 Å². The zero-order valence-corrected chi connectivity index (χ0v) is 22.6. The topological polar surface area (TPSA) is 80.0 Å². The molecule has 2 aromatic rings. The number of nitrogens with zero attached hydrogens (tertiary/aromatic N) is 1. The molecule has 3 aliphatic rings. The van der Waals surface area contributed by atoms with E-state index in [9.17, 15) is 14.7 Å². The molecule has 4 heterocycles. The lowest BCUT2D eigenvalue weighted by molar-refractivity contribution is -0.140. The number of hydrogen-bond donors (Lipinski definition) is 1. The van der Waals surface area contributed by atoms with E-state index in [2.05, 4.69) is 19.9 Å². The quantitative estimate of drug-likeness (QED) is 0.284. The van der Waals surface area contributed by atoms with Gasteiger partial charge in [0.1, 0.15) is 18.1 Å². The van der Waals surface area contributed by atoms with Crippen LogP contribution in [0.4, 0.5) is 0 Å². The van der Waals surface area contributed by atoms with Crippen LogP contribution in [0.2, 0.25) is 0 Å². The van der Waals surface area contributed by atoms with Crippen molar-refractivity contribution in [2.75, 3.05) is 6.61 Å². The number of fused-ring (bicyclic) bond motifs is 3. The lowest BCUT2D eigenvalue weighted by atomic mass is 9.68. The number of likely N-dealkylation sites (tertiary alicyclic amines) is 1. The van der Waals surface area contributed by atoms with Crippen LogP contribution in [-0.4, -0.2) is 34.5 Å². The van der Waals surface area contributed by atoms with E-state index in [1.54, 1.807) is 11.3 Å². The van der Waals surface area contributed by atoms with Gasteiger partial charge in [-0.2, -0.15) is 0 Å². The Labute approximate surface area is 223 Å². The van der Waals surface area contributed by atoms with Crippen LogP contribution in [0.15, 0.2) is 50.8 Å². The molecule has 198 valence electrons. The number of aliphatic hydroxyl groups excluding tert-OH is 1. The molecule has 2 amide bonds. The molecule has 5 rings (SSSR count). The summed E-state index contributed by atoms with van der Waals surface area (Å²) < 4.78 is 12.1. The molecule has 0 saturated carbocycles. The number of aliphatic hydroxyl groups is 1. The van der Waals surface area contributed by atoms with Crippen molar-refractivity contribution in [2.24, 2.45) is 17.8 Å². The Bertz CT molecular complexity index is 1180. The summed E-state index contributed by atoms with van der Waals surface area (Å²) in [5.74, 6) is 0.775. The van der Waals surface area contributed by atoms with Crippen molar-refractivity contribution in [3.8, 4) is 0 Å². The van der Waals surface area contributed by atoms with Gasteiger partial charge in [0.05, 0.1) is 31.1 Å². The molecule has 0 unspecified atom stereocenters. The third-order valence-electron chi connectivity index (χ3n) is 8.03. The molecule has 0 bridgehead atoms. The minimum Gasteiger partial charge on any atom is -0.459 e. The molecule has 2 fully saturated rings. The molecule has 4 atom stereocenters. The number of hydrogen-bond acceptors (Lipinski definition) is 6. The van der Waals surface area contributed by atoms with Crippen LogP contribution in [-0.2, 0) is 27.5 Å². The second-order valence-corrected chi connectivity index (χ2v) is 11.5. The molecular weight excluding hydrogens is 486 g/mol. The van der Waals surface area contributed by atoms with Gasteiger partial charge in [0.15, 0.2) is 0 Å². The monoisotopic (exact) mass is 523 g/mol. The molecule has 6 nitrogen and oxygen atoms in total. The number of rotatable bonds is 11. The molecule has 7 heteroatoms. The van der Waals surface area contributed by atoms with Crippen LogP contribution in [0.3, 0.4) is 0 Å². The second kappa shape index (κ2) is 11.5. The molecule has 0 radical (unpaired) electrons. The lowest BCUT2D eigenvalue weighted by Gasteiger charge is -2.32. The summed E-state index contributed by atoms with van der Waals surface area (Å²) in [6.07, 6.45) is 8.49. The number of carbonyl (C=O) groups is 2. The van der Waals surface area contributed by atoms with Gasteiger partial charge in [-0.05, 0) is 67.3 Å². The number of ether oxygens (including phenoxy) is 1. The van der Waals surface area contributed by atoms with E-state index in [1.165, 1.54) is 21.6 Å². The Balaban J connectivity index is 1.34. The Morgan fingerprint density at radius 1 is 1.14 bits per heavy atom. The highest BCUT2D eigenvalue weighted by Crippen LogP contribution is 2.51. The van der Waals surface area contributed by atoms with E-state index >= 15 is 0 Å². The zero-order chi connectivity index (χ0) is 25.9. The van der Waals surface area contributed by atoms with Crippen molar-refractivity contribution in [3.05, 3.63) is 62.8 Å². The molecule has 2 aromatic heterocycles. The Hall–Kier alpha value is -2.48. The lowest BCUT2D eigenvalue weighted by Crippen LogP contribution is -2.34. The highest BCUT2D eigenvalue weighted by atomic mass is 32.1. The molecule has 1 N–H and O–H groups in total. The highest BCUT2D eigenvalue weighted by molar-refractivity contribution is 7.09. The molecular formula is C30H37NO5S. The van der Waals surface area contributed by atoms with E-state index in [0.29, 0.717) is 25.3 Å². The number of thiophene rings is 1. The zero-order valence-electron chi connectivity index (χ0n) is 21.8. The van der Waals surface area contributed by atoms with Crippen LogP contribution >= 0.6 is 11.3 Å². The van der Waals surface area contributed by atoms with Crippen LogP contribution in [0.5, 0.6) is 0 Å². The van der Waals surface area contributed by atoms with Gasteiger partial charge in [-0.15, -0.1) is 11.3 Å². The largest absolute Gasteiger partial charge is 0.459 e. The summed E-state index contributed by atoms with van der Waals surface area (Å²) >= 11 is 1.59. The SMILES string of the molecule is CCCC1=C2[C@@H](CC/C(=C/c3ccc(CO)o3)CCC)OC[C@@H]2[C@@H]2C(=O)N(Cc3cccs3)C(=O)[C@@H]2C1. The predicted molar refractivity (Wildman–Crippen MR) is 143 cm³/mol. The van der Waals surface area contributed by atoms with Crippen molar-refractivity contribution in [1.82, 2.24) is 4.90 Å². The predicted octanol–water partition coefficient (Wildman–Crippen LogP) is 6.11. The fourth-order valence-electron chi connectivity index (χ4n) is 6.46. The number of imide groups is 1. The van der Waals surface area contributed by atoms with Gasteiger partial charge in [0, 0.05) is 10.8 Å². The van der Waals surface area contributed by atoms with Crippen molar-refractivity contribution in [2.45, 2.75) is 78.0 Å². The molecule has 0 spiro atoms. The van der Waals surface area contributed by atoms with Crippen molar-refractivity contribution in [3.63, 3.8) is 0 Å². The van der Waals surface area contributed by atoms with Gasteiger partial charge in [-0.25, -0.2) is 0 Å². The fourth-order valence-corrected chi connectivity index (χ4v) is 7.15. The fraction of sp³-hybridized carbons (Fsp3) is 0.533. The first-order valence-electron chi connectivity index (χ1n) is 13.6. The Kier molecular flexibility index (Phi) is 8.12. The first kappa shape index (κ1) is 26.1. The third-order valence-corrected chi connectivity index (χ3v) is 8.89. The van der Waals surface area contributed by atoms with Crippen LogP contribution < -0.4 is 0 Å². The van der Waals surface area contributed by atoms with Crippen molar-refractivity contribution >= 4 is 29.2 Å². The summed E-state index contributed by atoms with van der Waals surface area (Å²) in [6.45, 7) is 5.15. The maximum Gasteiger partial charge on any atom is 0.234 e. The maximum absolute atomic E-state index is 13.6. The van der Waals surface area contributed by atoms with Gasteiger partial charge >= 0.3 is 0 Å². The molecule has 0 aromatic carbocycles. The molecule has 2 saturated heterocycles. The summed E-state index contributed by atoms with van der Waals surface area (Å²) in [5, 5.41) is 11.3. The number of furan rings is 1. The van der Waals surface area contributed by atoms with Gasteiger partial charge in [0.2, 0.25) is 11.8 Å². The first-order valence-corrected chi connectivity index (χ1v) is 14.5. The Morgan fingerprint density at radius 2 is 2.00 bits per heavy atom. The average molecular weight is 524 g/mol. The van der Waals surface area contributed by atoms with E-state index in [0.717, 1.165) is 49.2 Å². The van der Waals surface area contributed by atoms with Crippen molar-refractivity contribution in [1.29, 1.82) is 0 Å². The van der Waals surface area contributed by atoms with Crippen LogP contribution in [0.1, 0.15) is 75.2 Å². The Morgan fingerprint density at radius 3 is 2.70 bits per heavy atom. The summed E-state index contributed by atoms with van der Waals surface area (Å²) in [4.78, 5) is 29.5. The minimum absolute atomic E-state index is 0.00544. The highest BCUT2D eigenvalue weighted by Gasteiger charge is 2.56.